The molecule has 0 saturated carbocycles. The summed E-state index contributed by atoms with van der Waals surface area (Å²) in [5, 5.41) is 12.3. The second-order valence-corrected chi connectivity index (χ2v) is 7.50. The number of carbonyl (C=O) groups is 1. The molecule has 26 heavy (non-hydrogen) atoms. The van der Waals surface area contributed by atoms with Crippen LogP contribution in [0.1, 0.15) is 37.2 Å². The van der Waals surface area contributed by atoms with Gasteiger partial charge in [-0.3, -0.25) is 4.79 Å². The minimum absolute atomic E-state index is 0. The van der Waals surface area contributed by atoms with Crippen LogP contribution in [-0.4, -0.2) is 41.6 Å². The van der Waals surface area contributed by atoms with E-state index in [-0.39, 0.29) is 24.4 Å². The smallest absolute Gasteiger partial charge is 0.226 e. The van der Waals surface area contributed by atoms with Gasteiger partial charge in [-0.15, -0.1) is 23.7 Å². The van der Waals surface area contributed by atoms with Crippen molar-refractivity contribution in [1.82, 2.24) is 4.90 Å². The third kappa shape index (κ3) is 5.07. The molecule has 1 aromatic carbocycles. The highest BCUT2D eigenvalue weighted by molar-refractivity contribution is 7.10. The Balaban J connectivity index is 0.00000243. The predicted molar refractivity (Wildman–Crippen MR) is 110 cm³/mol. The molecule has 1 aliphatic rings. The summed E-state index contributed by atoms with van der Waals surface area (Å²) in [6.45, 7) is 4.41. The molecule has 0 aliphatic carbocycles. The molecule has 0 bridgehead atoms. The second-order valence-electron chi connectivity index (χ2n) is 6.52. The number of para-hydroxylation sites is 1. The molecule has 1 aromatic heterocycles. The van der Waals surface area contributed by atoms with Crippen LogP contribution in [-0.2, 0) is 4.79 Å². The first kappa shape index (κ1) is 20.9. The zero-order valence-corrected chi connectivity index (χ0v) is 16.7. The maximum atomic E-state index is 12.5. The summed E-state index contributed by atoms with van der Waals surface area (Å²) in [6.07, 6.45) is 1.99. The summed E-state index contributed by atoms with van der Waals surface area (Å²) in [5.74, 6) is 0.184. The molecular formula is C20H27ClN2O2S. The van der Waals surface area contributed by atoms with E-state index >= 15 is 0 Å². The van der Waals surface area contributed by atoms with Crippen LogP contribution in [0.2, 0.25) is 0 Å². The number of rotatable bonds is 6. The van der Waals surface area contributed by atoms with Crippen molar-refractivity contribution in [3.63, 3.8) is 0 Å². The van der Waals surface area contributed by atoms with Gasteiger partial charge in [-0.25, -0.2) is 0 Å². The molecule has 4 nitrogen and oxygen atoms in total. The van der Waals surface area contributed by atoms with Gasteiger partial charge in [-0.1, -0.05) is 31.2 Å². The molecule has 1 N–H and O–H groups in total. The van der Waals surface area contributed by atoms with Crippen LogP contribution in [0, 0.1) is 0 Å². The SMILES string of the molecule is CCC(=O)N(C1CCN(CC(O)c2cccs2)CC1)[13c]1[13cH][13cH][13cH][13cH][13cH]1.Cl. The Kier molecular flexibility index (Phi) is 8.10. The van der Waals surface area contributed by atoms with Gasteiger partial charge in [0.1, 0.15) is 6.10 Å². The number of hydrogen-bond donors (Lipinski definition) is 1. The molecular weight excluding hydrogens is 374 g/mol. The van der Waals surface area contributed by atoms with Gasteiger partial charge in [-0.2, -0.15) is 0 Å². The number of halogens is 1. The predicted octanol–water partition coefficient (Wildman–Crippen LogP) is 4.11. The van der Waals surface area contributed by atoms with Gasteiger partial charge < -0.3 is 14.9 Å². The van der Waals surface area contributed by atoms with E-state index in [1.807, 2.05) is 59.7 Å². The Labute approximate surface area is 165 Å². The Morgan fingerprint density at radius 3 is 2.50 bits per heavy atom. The second kappa shape index (κ2) is 10.1. The molecule has 2 heterocycles. The Morgan fingerprint density at radius 2 is 1.92 bits per heavy atom. The lowest BCUT2D eigenvalue weighted by Gasteiger charge is -2.39. The number of aliphatic hydroxyl groups is 1. The van der Waals surface area contributed by atoms with Crippen LogP contribution in [0.3, 0.4) is 0 Å². The van der Waals surface area contributed by atoms with Crippen molar-refractivity contribution < 1.29 is 9.90 Å². The van der Waals surface area contributed by atoms with Gasteiger partial charge in [0.25, 0.3) is 0 Å². The number of β-amino-alcohol motifs (C(OH)–C–C–N with tert-alkyl or cyclic N) is 1. The maximum absolute atomic E-state index is 12.5. The number of amides is 1. The number of carbonyl (C=O) groups excluding carboxylic acids is 1. The molecule has 1 saturated heterocycles. The highest BCUT2D eigenvalue weighted by atomic mass is 35.5. The molecule has 1 fully saturated rings. The quantitative estimate of drug-likeness (QED) is 0.793. The van der Waals surface area contributed by atoms with Crippen molar-refractivity contribution in [2.75, 3.05) is 24.5 Å². The van der Waals surface area contributed by atoms with Crippen LogP contribution in [0.25, 0.3) is 0 Å². The first-order valence-electron chi connectivity index (χ1n) is 9.00. The van der Waals surface area contributed by atoms with Crippen molar-refractivity contribution in [1.29, 1.82) is 0 Å². The van der Waals surface area contributed by atoms with Crippen LogP contribution >= 0.6 is 23.7 Å². The van der Waals surface area contributed by atoms with Crippen molar-refractivity contribution in [3.05, 3.63) is 52.7 Å². The fourth-order valence-corrected chi connectivity index (χ4v) is 4.20. The largest absolute Gasteiger partial charge is 0.386 e. The first-order valence-corrected chi connectivity index (χ1v) is 9.88. The summed E-state index contributed by atoms with van der Waals surface area (Å²) in [7, 11) is 0. The van der Waals surface area contributed by atoms with Crippen LogP contribution in [0.4, 0.5) is 5.69 Å². The van der Waals surface area contributed by atoms with E-state index in [9.17, 15) is 9.90 Å². The van der Waals surface area contributed by atoms with Crippen LogP contribution in [0.15, 0.2) is 47.8 Å². The summed E-state index contributed by atoms with van der Waals surface area (Å²) in [4.78, 5) is 17.8. The van der Waals surface area contributed by atoms with Gasteiger partial charge in [0.2, 0.25) is 5.91 Å². The molecule has 0 radical (unpaired) electrons. The molecule has 142 valence electrons. The van der Waals surface area contributed by atoms with Gasteiger partial charge in [0.05, 0.1) is 0 Å². The van der Waals surface area contributed by atoms with Gasteiger partial charge in [-0.05, 0) is 36.4 Å². The third-order valence-corrected chi connectivity index (χ3v) is 5.80. The first-order chi connectivity index (χ1) is 12.2. The molecule has 2 aromatic rings. The number of anilines is 1. The summed E-state index contributed by atoms with van der Waals surface area (Å²) in [5.41, 5.74) is 0.992. The van der Waals surface area contributed by atoms with Gasteiger partial charge >= 0.3 is 0 Å². The molecule has 0 spiro atoms. The fourth-order valence-electron chi connectivity index (χ4n) is 3.49. The van der Waals surface area contributed by atoms with E-state index in [4.69, 9.17) is 0 Å². The number of benzene rings is 1. The summed E-state index contributed by atoms with van der Waals surface area (Å²) in [6, 6.07) is 14.2. The average Bonchev–Trinajstić information content (AvgIpc) is 3.19. The molecule has 1 atom stereocenters. The normalized spacial score (nSPS) is 16.7. The lowest BCUT2D eigenvalue weighted by Crippen LogP contribution is -2.48. The highest BCUT2D eigenvalue weighted by Gasteiger charge is 2.29. The fraction of sp³-hybridized carbons (Fsp3) is 0.450. The molecule has 1 aliphatic heterocycles. The number of aliphatic hydroxyl groups excluding tert-OH is 1. The monoisotopic (exact) mass is 400 g/mol. The van der Waals surface area contributed by atoms with Gasteiger partial charge in [0, 0.05) is 42.7 Å². The number of thiophene rings is 1. The topological polar surface area (TPSA) is 43.8 Å². The zero-order valence-electron chi connectivity index (χ0n) is 15.1. The summed E-state index contributed by atoms with van der Waals surface area (Å²) >= 11 is 1.60. The van der Waals surface area contributed by atoms with E-state index in [2.05, 4.69) is 4.90 Å². The Bertz CT molecular complexity index is 658. The number of nitrogens with zero attached hydrogens (tertiary/aromatic N) is 2. The van der Waals surface area contributed by atoms with Crippen molar-refractivity contribution >= 4 is 35.3 Å². The number of piperidine rings is 1. The molecule has 1 unspecified atom stereocenters. The van der Waals surface area contributed by atoms with Crippen LogP contribution < -0.4 is 4.90 Å². The lowest BCUT2D eigenvalue weighted by molar-refractivity contribution is -0.119. The van der Waals surface area contributed by atoms with E-state index in [0.29, 0.717) is 13.0 Å². The molecule has 3 rings (SSSR count). The number of likely N-dealkylation sites (tertiary alicyclic amines) is 1. The third-order valence-electron chi connectivity index (χ3n) is 4.83. The lowest BCUT2D eigenvalue weighted by atomic mass is 10.0. The van der Waals surface area contributed by atoms with E-state index < -0.39 is 6.10 Å². The molecule has 6 heteroatoms. The zero-order chi connectivity index (χ0) is 17.6. The van der Waals surface area contributed by atoms with E-state index in [0.717, 1.165) is 36.5 Å². The maximum Gasteiger partial charge on any atom is 0.226 e. The van der Waals surface area contributed by atoms with Crippen molar-refractivity contribution in [2.45, 2.75) is 38.3 Å². The van der Waals surface area contributed by atoms with E-state index in [1.54, 1.807) is 11.3 Å². The Hall–Kier alpha value is -1.40. The van der Waals surface area contributed by atoms with Crippen LogP contribution in [0.5, 0.6) is 0 Å². The van der Waals surface area contributed by atoms with Crippen molar-refractivity contribution in [3.8, 4) is 0 Å². The average molecular weight is 401 g/mol. The highest BCUT2D eigenvalue weighted by Crippen LogP contribution is 2.26. The minimum Gasteiger partial charge on any atom is -0.386 e. The Morgan fingerprint density at radius 1 is 1.23 bits per heavy atom. The van der Waals surface area contributed by atoms with Gasteiger partial charge in [0.15, 0.2) is 0 Å². The standard InChI is InChI=1S/C20H26N2O2S.ClH/c1-2-20(24)22(16-7-4-3-5-8-16)17-10-12-21(13-11-17)15-18(23)19-9-6-14-25-19;/h3-9,14,17-18,23H,2,10-13,15H2,1H3;1H/i3+1,4+1,5+1,7+1,8+1,16+1;. The minimum atomic E-state index is -0.418. The summed E-state index contributed by atoms with van der Waals surface area (Å²) < 4.78 is 0. The number of hydrogen-bond acceptors (Lipinski definition) is 4. The van der Waals surface area contributed by atoms with E-state index in [1.165, 1.54) is 0 Å². The molecule has 1 amide bonds. The van der Waals surface area contributed by atoms with Crippen molar-refractivity contribution in [2.24, 2.45) is 0 Å².